The molecule has 0 aliphatic carbocycles. The van der Waals surface area contributed by atoms with Gasteiger partial charge in [0.2, 0.25) is 0 Å². The fourth-order valence-electron chi connectivity index (χ4n) is 1.79. The summed E-state index contributed by atoms with van der Waals surface area (Å²) in [5.41, 5.74) is 2.85. The standard InChI is InChI=1S/C12H15OPS/c1-10-8-14(15,9-11(10)2)13-12-6-4-3-5-7-12/h3-7H,8-9H2,1-2H3. The summed E-state index contributed by atoms with van der Waals surface area (Å²) in [5.74, 6) is 0.920. The average Bonchev–Trinajstić information content (AvgIpc) is 2.42. The highest BCUT2D eigenvalue weighted by atomic mass is 32.4. The molecule has 0 atom stereocenters. The van der Waals surface area contributed by atoms with Gasteiger partial charge in [-0.3, -0.25) is 0 Å². The van der Waals surface area contributed by atoms with Crippen LogP contribution in [0.25, 0.3) is 0 Å². The first-order valence-electron chi connectivity index (χ1n) is 5.07. The van der Waals surface area contributed by atoms with Gasteiger partial charge in [-0.05, 0) is 26.0 Å². The van der Waals surface area contributed by atoms with Crippen molar-refractivity contribution < 1.29 is 4.52 Å². The Morgan fingerprint density at radius 2 is 1.60 bits per heavy atom. The molecule has 0 saturated carbocycles. The number of rotatable bonds is 2. The molecule has 0 bridgehead atoms. The van der Waals surface area contributed by atoms with Crippen molar-refractivity contribution in [2.75, 3.05) is 12.3 Å². The molecule has 0 saturated heterocycles. The Labute approximate surface area is 96.2 Å². The van der Waals surface area contributed by atoms with E-state index in [1.165, 1.54) is 11.1 Å². The molecule has 1 aliphatic heterocycles. The van der Waals surface area contributed by atoms with E-state index >= 15 is 0 Å². The van der Waals surface area contributed by atoms with Crippen LogP contribution in [0.1, 0.15) is 13.8 Å². The van der Waals surface area contributed by atoms with E-state index in [-0.39, 0.29) is 0 Å². The van der Waals surface area contributed by atoms with Crippen LogP contribution in [0.3, 0.4) is 0 Å². The fourth-order valence-corrected chi connectivity index (χ4v) is 5.94. The Balaban J connectivity index is 2.12. The molecule has 15 heavy (non-hydrogen) atoms. The minimum atomic E-state index is -1.64. The zero-order chi connectivity index (χ0) is 10.9. The van der Waals surface area contributed by atoms with E-state index in [0.29, 0.717) is 0 Å². The SMILES string of the molecule is CC1=C(C)CP(=S)(Oc2ccccc2)C1. The maximum absolute atomic E-state index is 5.99. The number of para-hydroxylation sites is 1. The van der Waals surface area contributed by atoms with Crippen molar-refractivity contribution in [3.05, 3.63) is 41.5 Å². The number of allylic oxidation sites excluding steroid dienone is 2. The molecule has 80 valence electrons. The second kappa shape index (κ2) is 4.11. The average molecular weight is 238 g/mol. The van der Waals surface area contributed by atoms with Gasteiger partial charge >= 0.3 is 0 Å². The van der Waals surface area contributed by atoms with Gasteiger partial charge in [0.25, 0.3) is 0 Å². The Kier molecular flexibility index (Phi) is 2.99. The molecule has 0 fully saturated rings. The van der Waals surface area contributed by atoms with E-state index in [9.17, 15) is 0 Å². The van der Waals surface area contributed by atoms with Crippen LogP contribution in [0, 0.1) is 0 Å². The molecule has 0 spiro atoms. The quantitative estimate of drug-likeness (QED) is 0.572. The monoisotopic (exact) mass is 238 g/mol. The second-order valence-corrected chi connectivity index (χ2v) is 8.54. The molecule has 1 nitrogen and oxygen atoms in total. The molecule has 3 heteroatoms. The summed E-state index contributed by atoms with van der Waals surface area (Å²) in [5, 5.41) is 0. The van der Waals surface area contributed by atoms with Crippen LogP contribution >= 0.6 is 6.26 Å². The lowest BCUT2D eigenvalue weighted by Gasteiger charge is -2.18. The highest BCUT2D eigenvalue weighted by Gasteiger charge is 2.27. The molecular formula is C12H15OPS. The normalized spacial score (nSPS) is 19.3. The molecule has 1 aromatic carbocycles. The van der Waals surface area contributed by atoms with Crippen molar-refractivity contribution in [1.82, 2.24) is 0 Å². The number of benzene rings is 1. The van der Waals surface area contributed by atoms with Crippen molar-refractivity contribution >= 4 is 18.1 Å². The third-order valence-electron chi connectivity index (χ3n) is 2.70. The Morgan fingerprint density at radius 1 is 1.07 bits per heavy atom. The summed E-state index contributed by atoms with van der Waals surface area (Å²) < 4.78 is 5.99. The lowest BCUT2D eigenvalue weighted by atomic mass is 10.2. The van der Waals surface area contributed by atoms with Crippen LogP contribution in [0.5, 0.6) is 5.75 Å². The van der Waals surface area contributed by atoms with Gasteiger partial charge in [-0.25, -0.2) is 0 Å². The van der Waals surface area contributed by atoms with Gasteiger partial charge in [0.1, 0.15) is 12.0 Å². The third-order valence-corrected chi connectivity index (χ3v) is 6.15. The highest BCUT2D eigenvalue weighted by Crippen LogP contribution is 2.54. The Hall–Kier alpha value is -0.590. The predicted octanol–water partition coefficient (Wildman–Crippen LogP) is 3.81. The van der Waals surface area contributed by atoms with Crippen LogP contribution in [-0.2, 0) is 11.8 Å². The molecule has 1 aliphatic rings. The smallest absolute Gasteiger partial charge is 0.124 e. The Bertz CT molecular complexity index is 418. The van der Waals surface area contributed by atoms with Crippen molar-refractivity contribution in [3.8, 4) is 5.75 Å². The van der Waals surface area contributed by atoms with Gasteiger partial charge in [-0.15, -0.1) is 0 Å². The van der Waals surface area contributed by atoms with E-state index in [1.807, 2.05) is 30.3 Å². The maximum atomic E-state index is 5.99. The molecule has 0 aromatic heterocycles. The maximum Gasteiger partial charge on any atom is 0.124 e. The second-order valence-electron chi connectivity index (χ2n) is 4.10. The van der Waals surface area contributed by atoms with Crippen molar-refractivity contribution in [3.63, 3.8) is 0 Å². The summed E-state index contributed by atoms with van der Waals surface area (Å²) in [6.07, 6.45) is 0.306. The number of hydrogen-bond acceptors (Lipinski definition) is 2. The van der Waals surface area contributed by atoms with Crippen LogP contribution in [0.2, 0.25) is 0 Å². The molecular weight excluding hydrogens is 223 g/mol. The first-order chi connectivity index (χ1) is 7.09. The first-order valence-corrected chi connectivity index (χ1v) is 8.16. The molecule has 1 aromatic rings. The van der Waals surface area contributed by atoms with E-state index in [1.54, 1.807) is 0 Å². The van der Waals surface area contributed by atoms with Gasteiger partial charge in [0.15, 0.2) is 0 Å². The summed E-state index contributed by atoms with van der Waals surface area (Å²) >= 11 is 5.65. The lowest BCUT2D eigenvalue weighted by Crippen LogP contribution is -1.96. The van der Waals surface area contributed by atoms with Gasteiger partial charge < -0.3 is 4.52 Å². The number of hydrogen-bond donors (Lipinski definition) is 0. The summed E-state index contributed by atoms with van der Waals surface area (Å²) in [6, 6.07) is 9.93. The van der Waals surface area contributed by atoms with Crippen LogP contribution in [0.4, 0.5) is 0 Å². The van der Waals surface area contributed by atoms with Crippen molar-refractivity contribution in [2.24, 2.45) is 0 Å². The summed E-state index contributed by atoms with van der Waals surface area (Å²) in [6.45, 7) is 4.33. The van der Waals surface area contributed by atoms with E-state index in [4.69, 9.17) is 16.3 Å². The van der Waals surface area contributed by atoms with Crippen molar-refractivity contribution in [2.45, 2.75) is 13.8 Å². The lowest BCUT2D eigenvalue weighted by molar-refractivity contribution is 0.616. The highest BCUT2D eigenvalue weighted by molar-refractivity contribution is 8.12. The van der Waals surface area contributed by atoms with Crippen LogP contribution in [-0.4, -0.2) is 12.3 Å². The molecule has 2 rings (SSSR count). The summed E-state index contributed by atoms with van der Waals surface area (Å²) in [4.78, 5) is 0. The molecule has 0 N–H and O–H groups in total. The van der Waals surface area contributed by atoms with Crippen molar-refractivity contribution in [1.29, 1.82) is 0 Å². The largest absolute Gasteiger partial charge is 0.466 e. The van der Waals surface area contributed by atoms with E-state index in [2.05, 4.69) is 13.8 Å². The van der Waals surface area contributed by atoms with Gasteiger partial charge in [0.05, 0.1) is 0 Å². The first kappa shape index (κ1) is 10.9. The van der Waals surface area contributed by atoms with E-state index in [0.717, 1.165) is 18.1 Å². The molecule has 0 amide bonds. The topological polar surface area (TPSA) is 9.23 Å². The molecule has 1 heterocycles. The predicted molar refractivity (Wildman–Crippen MR) is 69.5 cm³/mol. The zero-order valence-corrected chi connectivity index (χ0v) is 10.8. The van der Waals surface area contributed by atoms with Gasteiger partial charge in [-0.2, -0.15) is 0 Å². The molecule has 0 radical (unpaired) electrons. The zero-order valence-electron chi connectivity index (χ0n) is 9.06. The van der Waals surface area contributed by atoms with Crippen LogP contribution in [0.15, 0.2) is 41.5 Å². The van der Waals surface area contributed by atoms with Crippen LogP contribution < -0.4 is 4.52 Å². The minimum Gasteiger partial charge on any atom is -0.466 e. The van der Waals surface area contributed by atoms with E-state index < -0.39 is 6.26 Å². The van der Waals surface area contributed by atoms with Gasteiger partial charge in [-0.1, -0.05) is 41.2 Å². The Morgan fingerprint density at radius 3 is 2.13 bits per heavy atom. The molecule has 0 unspecified atom stereocenters. The van der Waals surface area contributed by atoms with Gasteiger partial charge in [0, 0.05) is 12.3 Å². The fraction of sp³-hybridized carbons (Fsp3) is 0.333. The third kappa shape index (κ3) is 2.50. The minimum absolute atomic E-state index is 0.920. The summed E-state index contributed by atoms with van der Waals surface area (Å²) in [7, 11) is 0.